The highest BCUT2D eigenvalue weighted by Crippen LogP contribution is 2.17. The normalized spacial score (nSPS) is 24.8. The number of aliphatic hydroxyl groups excluding tert-OH is 1. The molecule has 0 aromatic carbocycles. The molecule has 0 aliphatic carbocycles. The molecule has 0 aromatic heterocycles. The molecule has 1 aliphatic heterocycles. The van der Waals surface area contributed by atoms with Crippen molar-refractivity contribution in [3.05, 3.63) is 0 Å². The van der Waals surface area contributed by atoms with Crippen molar-refractivity contribution in [2.75, 3.05) is 19.6 Å². The highest BCUT2D eigenvalue weighted by Gasteiger charge is 2.38. The Morgan fingerprint density at radius 2 is 2.19 bits per heavy atom. The van der Waals surface area contributed by atoms with Gasteiger partial charge in [0.2, 0.25) is 5.91 Å². The van der Waals surface area contributed by atoms with Crippen LogP contribution in [0.2, 0.25) is 0 Å². The Morgan fingerprint density at radius 1 is 1.50 bits per heavy atom. The van der Waals surface area contributed by atoms with Gasteiger partial charge in [0.1, 0.15) is 6.04 Å². The lowest BCUT2D eigenvalue weighted by molar-refractivity contribution is -0.147. The molecule has 0 bridgehead atoms. The zero-order valence-corrected chi connectivity index (χ0v) is 9.35. The van der Waals surface area contributed by atoms with Crippen LogP contribution < -0.4 is 5.32 Å². The number of nitrogens with zero attached hydrogens (tertiary/aromatic N) is 1. The van der Waals surface area contributed by atoms with Gasteiger partial charge >= 0.3 is 5.97 Å². The Morgan fingerprint density at radius 3 is 2.75 bits per heavy atom. The predicted molar refractivity (Wildman–Crippen MR) is 56.9 cm³/mol. The number of nitrogens with one attached hydrogen (secondary N) is 1. The Hall–Kier alpha value is -1.14. The largest absolute Gasteiger partial charge is 0.480 e. The average Bonchev–Trinajstić information content (AvgIpc) is 2.61. The first kappa shape index (κ1) is 12.9. The van der Waals surface area contributed by atoms with Gasteiger partial charge in [-0.25, -0.2) is 4.79 Å². The summed E-state index contributed by atoms with van der Waals surface area (Å²) in [5.74, 6) is -1.32. The number of hydrogen-bond acceptors (Lipinski definition) is 4. The van der Waals surface area contributed by atoms with Gasteiger partial charge in [-0.3, -0.25) is 4.79 Å². The smallest absolute Gasteiger partial charge is 0.326 e. The van der Waals surface area contributed by atoms with E-state index in [1.807, 2.05) is 6.92 Å². The quantitative estimate of drug-likeness (QED) is 0.529. The molecule has 1 heterocycles. The number of rotatable bonds is 5. The third kappa shape index (κ3) is 3.18. The van der Waals surface area contributed by atoms with Gasteiger partial charge in [0, 0.05) is 13.0 Å². The lowest BCUT2D eigenvalue weighted by atomic mass is 10.2. The van der Waals surface area contributed by atoms with Crippen LogP contribution >= 0.6 is 0 Å². The minimum absolute atomic E-state index is 0.115. The van der Waals surface area contributed by atoms with Crippen molar-refractivity contribution in [3.8, 4) is 0 Å². The maximum Gasteiger partial charge on any atom is 0.326 e. The van der Waals surface area contributed by atoms with E-state index in [1.54, 1.807) is 0 Å². The summed E-state index contributed by atoms with van der Waals surface area (Å²) in [5.41, 5.74) is 0. The molecular formula is C10H18N2O4. The average molecular weight is 230 g/mol. The van der Waals surface area contributed by atoms with E-state index in [0.29, 0.717) is 0 Å². The molecule has 0 aromatic rings. The molecule has 0 spiro atoms. The van der Waals surface area contributed by atoms with Crippen LogP contribution in [0.4, 0.5) is 0 Å². The van der Waals surface area contributed by atoms with E-state index in [4.69, 9.17) is 5.11 Å². The fourth-order valence-corrected chi connectivity index (χ4v) is 1.80. The van der Waals surface area contributed by atoms with Gasteiger partial charge in [-0.15, -0.1) is 0 Å². The van der Waals surface area contributed by atoms with Gasteiger partial charge in [0.05, 0.1) is 12.6 Å². The van der Waals surface area contributed by atoms with Crippen LogP contribution in [0.15, 0.2) is 0 Å². The first-order valence-corrected chi connectivity index (χ1v) is 5.47. The standard InChI is InChI=1S/C10H18N2O4/c1-2-3-11-5-9(14)12-6-7(13)4-8(12)10(15)16/h7-8,11,13H,2-6H2,1H3,(H,15,16)/t7?,8-/m0/s1. The van der Waals surface area contributed by atoms with E-state index in [1.165, 1.54) is 4.90 Å². The van der Waals surface area contributed by atoms with Gasteiger partial charge in [-0.05, 0) is 13.0 Å². The second-order valence-corrected chi connectivity index (χ2v) is 3.97. The number of β-amino-alcohol motifs (C(OH)–C–C–N with tert-alkyl or cyclic N) is 1. The van der Waals surface area contributed by atoms with Gasteiger partial charge < -0.3 is 20.4 Å². The summed E-state index contributed by atoms with van der Waals surface area (Å²) >= 11 is 0. The first-order valence-electron chi connectivity index (χ1n) is 5.47. The van der Waals surface area contributed by atoms with Crippen LogP contribution in [-0.4, -0.2) is 58.8 Å². The molecule has 16 heavy (non-hydrogen) atoms. The highest BCUT2D eigenvalue weighted by atomic mass is 16.4. The molecule has 6 heteroatoms. The number of hydrogen-bond donors (Lipinski definition) is 3. The predicted octanol–water partition coefficient (Wildman–Crippen LogP) is -0.968. The Kier molecular flexibility index (Phi) is 4.70. The zero-order valence-electron chi connectivity index (χ0n) is 9.35. The van der Waals surface area contributed by atoms with Crippen molar-refractivity contribution in [1.82, 2.24) is 10.2 Å². The van der Waals surface area contributed by atoms with E-state index in [2.05, 4.69) is 5.32 Å². The summed E-state index contributed by atoms with van der Waals surface area (Å²) in [7, 11) is 0. The summed E-state index contributed by atoms with van der Waals surface area (Å²) < 4.78 is 0. The van der Waals surface area contributed by atoms with Crippen LogP contribution in [0.5, 0.6) is 0 Å². The molecule has 2 atom stereocenters. The molecule has 0 saturated carbocycles. The molecule has 1 fully saturated rings. The lowest BCUT2D eigenvalue weighted by Crippen LogP contribution is -2.44. The number of carboxylic acid groups (broad SMARTS) is 1. The number of carbonyl (C=O) groups is 2. The number of carboxylic acids is 1. The fourth-order valence-electron chi connectivity index (χ4n) is 1.80. The number of likely N-dealkylation sites (tertiary alicyclic amines) is 1. The number of aliphatic carboxylic acids is 1. The van der Waals surface area contributed by atoms with Crippen LogP contribution in [0.1, 0.15) is 19.8 Å². The van der Waals surface area contributed by atoms with Crippen molar-refractivity contribution in [3.63, 3.8) is 0 Å². The van der Waals surface area contributed by atoms with Crippen molar-refractivity contribution in [1.29, 1.82) is 0 Å². The molecule has 92 valence electrons. The van der Waals surface area contributed by atoms with Gasteiger partial charge in [0.15, 0.2) is 0 Å². The number of amides is 1. The second-order valence-electron chi connectivity index (χ2n) is 3.97. The molecule has 1 saturated heterocycles. The molecule has 0 radical (unpaired) electrons. The topological polar surface area (TPSA) is 89.9 Å². The van der Waals surface area contributed by atoms with Crippen LogP contribution in [-0.2, 0) is 9.59 Å². The minimum atomic E-state index is -1.06. The third-order valence-corrected chi connectivity index (χ3v) is 2.59. The molecule has 6 nitrogen and oxygen atoms in total. The van der Waals surface area contributed by atoms with E-state index >= 15 is 0 Å². The number of aliphatic hydroxyl groups is 1. The Balaban J connectivity index is 2.50. The highest BCUT2D eigenvalue weighted by molar-refractivity contribution is 5.85. The van der Waals surface area contributed by atoms with Crippen molar-refractivity contribution in [2.45, 2.75) is 31.9 Å². The molecular weight excluding hydrogens is 212 g/mol. The Labute approximate surface area is 94.2 Å². The summed E-state index contributed by atoms with van der Waals surface area (Å²) in [5, 5.41) is 21.2. The summed E-state index contributed by atoms with van der Waals surface area (Å²) in [4.78, 5) is 23.8. The van der Waals surface area contributed by atoms with Crippen LogP contribution in [0.3, 0.4) is 0 Å². The van der Waals surface area contributed by atoms with Crippen LogP contribution in [0, 0.1) is 0 Å². The van der Waals surface area contributed by atoms with Gasteiger partial charge in [-0.2, -0.15) is 0 Å². The molecule has 3 N–H and O–H groups in total. The van der Waals surface area contributed by atoms with Gasteiger partial charge in [-0.1, -0.05) is 6.92 Å². The first-order chi connectivity index (χ1) is 7.56. The monoisotopic (exact) mass is 230 g/mol. The number of carbonyl (C=O) groups excluding carboxylic acids is 1. The second kappa shape index (κ2) is 5.81. The van der Waals surface area contributed by atoms with Crippen LogP contribution in [0.25, 0.3) is 0 Å². The summed E-state index contributed by atoms with van der Waals surface area (Å²) in [6, 6.07) is -0.883. The summed E-state index contributed by atoms with van der Waals surface area (Å²) in [6.07, 6.45) is 0.309. The van der Waals surface area contributed by atoms with E-state index < -0.39 is 18.1 Å². The van der Waals surface area contributed by atoms with E-state index in [9.17, 15) is 14.7 Å². The molecule has 1 rings (SSSR count). The summed E-state index contributed by atoms with van der Waals surface area (Å²) in [6.45, 7) is 2.95. The maximum atomic E-state index is 11.7. The fraction of sp³-hybridized carbons (Fsp3) is 0.800. The molecule has 1 amide bonds. The van der Waals surface area contributed by atoms with Crippen molar-refractivity contribution in [2.24, 2.45) is 0 Å². The van der Waals surface area contributed by atoms with Gasteiger partial charge in [0.25, 0.3) is 0 Å². The zero-order chi connectivity index (χ0) is 12.1. The van der Waals surface area contributed by atoms with Crippen molar-refractivity contribution < 1.29 is 19.8 Å². The maximum absolute atomic E-state index is 11.7. The SMILES string of the molecule is CCCNCC(=O)N1CC(O)C[C@H]1C(=O)O. The van der Waals surface area contributed by atoms with E-state index in [0.717, 1.165) is 13.0 Å². The van der Waals surface area contributed by atoms with E-state index in [-0.39, 0.29) is 25.4 Å². The molecule has 1 aliphatic rings. The Bertz CT molecular complexity index is 270. The minimum Gasteiger partial charge on any atom is -0.480 e. The third-order valence-electron chi connectivity index (χ3n) is 2.59. The lowest BCUT2D eigenvalue weighted by Gasteiger charge is -2.21. The van der Waals surface area contributed by atoms with Crippen molar-refractivity contribution >= 4 is 11.9 Å². The molecule has 1 unspecified atom stereocenters.